The molecule has 1 aliphatic rings. The van der Waals surface area contributed by atoms with Gasteiger partial charge in [0.05, 0.1) is 12.2 Å². The van der Waals surface area contributed by atoms with Gasteiger partial charge in [-0.05, 0) is 32.1 Å². The van der Waals surface area contributed by atoms with Gasteiger partial charge in [0.1, 0.15) is 0 Å². The van der Waals surface area contributed by atoms with Crippen molar-refractivity contribution in [3.63, 3.8) is 0 Å². The third-order valence-corrected chi connectivity index (χ3v) is 4.54. The first kappa shape index (κ1) is 19.7. The maximum atomic E-state index is 4.49. The summed E-state index contributed by atoms with van der Waals surface area (Å²) in [7, 11) is 7.97. The third-order valence-electron chi connectivity index (χ3n) is 4.54. The van der Waals surface area contributed by atoms with Gasteiger partial charge in [-0.1, -0.05) is 18.2 Å². The predicted octanol–water partition coefficient (Wildman–Crippen LogP) is 2.28. The van der Waals surface area contributed by atoms with E-state index in [2.05, 4.69) is 69.8 Å². The molecule has 2 heterocycles. The topological polar surface area (TPSA) is 48.7 Å². The number of aryl methyl sites for hydroxylation is 1. The van der Waals surface area contributed by atoms with Crippen molar-refractivity contribution in [1.82, 2.24) is 20.0 Å². The lowest BCUT2D eigenvalue weighted by Crippen LogP contribution is -2.43. The summed E-state index contributed by atoms with van der Waals surface area (Å²) in [6, 6.07) is 8.79. The Morgan fingerprint density at radius 2 is 2.12 bits per heavy atom. The summed E-state index contributed by atoms with van der Waals surface area (Å²) < 4.78 is 1.84. The molecule has 0 bridgehead atoms. The highest BCUT2D eigenvalue weighted by Crippen LogP contribution is 2.27. The van der Waals surface area contributed by atoms with Crippen LogP contribution in [0.5, 0.6) is 0 Å². The van der Waals surface area contributed by atoms with Gasteiger partial charge in [0.25, 0.3) is 0 Å². The first-order valence-corrected chi connectivity index (χ1v) is 8.31. The Labute approximate surface area is 166 Å². The van der Waals surface area contributed by atoms with Gasteiger partial charge >= 0.3 is 0 Å². The average Bonchev–Trinajstić information content (AvgIpc) is 3.18. The fourth-order valence-electron chi connectivity index (χ4n) is 3.25. The fourth-order valence-corrected chi connectivity index (χ4v) is 3.25. The van der Waals surface area contributed by atoms with Crippen LogP contribution in [0.2, 0.25) is 0 Å². The van der Waals surface area contributed by atoms with Gasteiger partial charge in [-0.15, -0.1) is 24.0 Å². The van der Waals surface area contributed by atoms with E-state index in [0.29, 0.717) is 0 Å². The zero-order valence-electron chi connectivity index (χ0n) is 15.3. The van der Waals surface area contributed by atoms with Gasteiger partial charge in [-0.25, -0.2) is 0 Å². The molecule has 25 heavy (non-hydrogen) atoms. The Bertz CT molecular complexity index is 724. The molecule has 0 fully saturated rings. The quantitative estimate of drug-likeness (QED) is 0.438. The van der Waals surface area contributed by atoms with Crippen LogP contribution in [-0.2, 0) is 13.5 Å². The van der Waals surface area contributed by atoms with Crippen LogP contribution in [0.15, 0.2) is 41.7 Å². The highest BCUT2D eigenvalue weighted by Gasteiger charge is 2.24. The normalized spacial score (nSPS) is 15.1. The number of halogens is 1. The SMILES string of the molecule is CN=C(NCC(c1cnn(C)c1)N(C)C)N1CCc2ccccc21.I. The number of nitrogens with one attached hydrogen (secondary N) is 1. The summed E-state index contributed by atoms with van der Waals surface area (Å²) in [6.45, 7) is 1.75. The molecule has 7 heteroatoms. The molecular formula is C18H27IN6. The molecule has 1 unspecified atom stereocenters. The third kappa shape index (κ3) is 4.33. The summed E-state index contributed by atoms with van der Waals surface area (Å²) >= 11 is 0. The van der Waals surface area contributed by atoms with Crippen molar-refractivity contribution in [3.05, 3.63) is 47.8 Å². The molecule has 2 aromatic rings. The van der Waals surface area contributed by atoms with Crippen molar-refractivity contribution >= 4 is 35.6 Å². The number of nitrogens with zero attached hydrogens (tertiary/aromatic N) is 5. The van der Waals surface area contributed by atoms with Crippen LogP contribution in [0.25, 0.3) is 0 Å². The van der Waals surface area contributed by atoms with Crippen LogP contribution in [-0.4, -0.2) is 54.9 Å². The highest BCUT2D eigenvalue weighted by atomic mass is 127. The molecule has 1 aliphatic heterocycles. The van der Waals surface area contributed by atoms with E-state index in [-0.39, 0.29) is 30.0 Å². The summed E-state index contributed by atoms with van der Waals surface area (Å²) in [5, 5.41) is 7.83. The first-order chi connectivity index (χ1) is 11.6. The number of guanidine groups is 1. The minimum absolute atomic E-state index is 0. The van der Waals surface area contributed by atoms with E-state index < -0.39 is 0 Å². The van der Waals surface area contributed by atoms with Gasteiger partial charge in [0.2, 0.25) is 0 Å². The van der Waals surface area contributed by atoms with Crippen LogP contribution in [0.1, 0.15) is 17.2 Å². The molecule has 6 nitrogen and oxygen atoms in total. The minimum Gasteiger partial charge on any atom is -0.354 e. The lowest BCUT2D eigenvalue weighted by Gasteiger charge is -2.27. The molecule has 0 saturated heterocycles. The fraction of sp³-hybridized carbons (Fsp3) is 0.444. The van der Waals surface area contributed by atoms with Crippen molar-refractivity contribution < 1.29 is 0 Å². The van der Waals surface area contributed by atoms with Crippen LogP contribution < -0.4 is 10.2 Å². The number of para-hydroxylation sites is 1. The molecule has 1 aromatic carbocycles. The smallest absolute Gasteiger partial charge is 0.198 e. The molecule has 3 rings (SSSR count). The van der Waals surface area contributed by atoms with E-state index in [0.717, 1.165) is 25.5 Å². The van der Waals surface area contributed by atoms with Gasteiger partial charge in [0, 0.05) is 44.6 Å². The van der Waals surface area contributed by atoms with Crippen molar-refractivity contribution in [2.75, 3.05) is 39.1 Å². The monoisotopic (exact) mass is 454 g/mol. The number of benzene rings is 1. The lowest BCUT2D eigenvalue weighted by molar-refractivity contribution is 0.298. The molecule has 0 radical (unpaired) electrons. The second-order valence-corrected chi connectivity index (χ2v) is 6.39. The predicted molar refractivity (Wildman–Crippen MR) is 114 cm³/mol. The second-order valence-electron chi connectivity index (χ2n) is 6.39. The van der Waals surface area contributed by atoms with Gasteiger partial charge in [0.15, 0.2) is 5.96 Å². The Morgan fingerprint density at radius 3 is 2.76 bits per heavy atom. The maximum Gasteiger partial charge on any atom is 0.198 e. The van der Waals surface area contributed by atoms with Gasteiger partial charge in [-0.2, -0.15) is 5.10 Å². The molecule has 0 amide bonds. The standard InChI is InChI=1S/C18H26N6.HI/c1-19-18(24-10-9-14-7-5-6-8-16(14)24)20-12-17(22(2)3)15-11-21-23(4)13-15;/h5-8,11,13,17H,9-10,12H2,1-4H3,(H,19,20);1H. The average molecular weight is 454 g/mol. The molecule has 0 saturated carbocycles. The van der Waals surface area contributed by atoms with Gasteiger partial charge < -0.3 is 15.1 Å². The van der Waals surface area contributed by atoms with E-state index in [1.54, 1.807) is 0 Å². The van der Waals surface area contributed by atoms with Crippen molar-refractivity contribution in [2.45, 2.75) is 12.5 Å². The number of aromatic nitrogens is 2. The maximum absolute atomic E-state index is 4.49. The second kappa shape index (κ2) is 8.66. The van der Waals surface area contributed by atoms with Crippen LogP contribution in [0.3, 0.4) is 0 Å². The Kier molecular flexibility index (Phi) is 6.83. The van der Waals surface area contributed by atoms with E-state index in [9.17, 15) is 0 Å². The highest BCUT2D eigenvalue weighted by molar-refractivity contribution is 14.0. The van der Waals surface area contributed by atoms with Crippen molar-refractivity contribution in [2.24, 2.45) is 12.0 Å². The Balaban J connectivity index is 0.00000225. The molecule has 1 aromatic heterocycles. The zero-order valence-corrected chi connectivity index (χ0v) is 17.6. The number of hydrogen-bond acceptors (Lipinski definition) is 3. The minimum atomic E-state index is 0. The van der Waals surface area contributed by atoms with E-state index in [1.807, 2.05) is 25.0 Å². The molecule has 0 spiro atoms. The molecule has 1 N–H and O–H groups in total. The number of rotatable bonds is 4. The summed E-state index contributed by atoms with van der Waals surface area (Å²) in [4.78, 5) is 8.96. The van der Waals surface area contributed by atoms with Crippen LogP contribution in [0.4, 0.5) is 5.69 Å². The zero-order chi connectivity index (χ0) is 17.1. The number of likely N-dealkylation sites (N-methyl/N-ethyl adjacent to an activating group) is 1. The summed E-state index contributed by atoms with van der Waals surface area (Å²) in [5.41, 5.74) is 3.84. The van der Waals surface area contributed by atoms with Crippen molar-refractivity contribution in [1.29, 1.82) is 0 Å². The van der Waals surface area contributed by atoms with Gasteiger partial charge in [-0.3, -0.25) is 9.67 Å². The molecular weight excluding hydrogens is 427 g/mol. The number of hydrogen-bond donors (Lipinski definition) is 1. The summed E-state index contributed by atoms with van der Waals surface area (Å²) in [6.07, 6.45) is 5.07. The largest absolute Gasteiger partial charge is 0.354 e. The molecule has 136 valence electrons. The number of fused-ring (bicyclic) bond motifs is 1. The lowest BCUT2D eigenvalue weighted by atomic mass is 10.1. The first-order valence-electron chi connectivity index (χ1n) is 8.31. The van der Waals surface area contributed by atoms with E-state index in [4.69, 9.17) is 0 Å². The van der Waals surface area contributed by atoms with Crippen molar-refractivity contribution in [3.8, 4) is 0 Å². The molecule has 0 aliphatic carbocycles. The van der Waals surface area contributed by atoms with Crippen LogP contribution in [0, 0.1) is 0 Å². The summed E-state index contributed by atoms with van der Waals surface area (Å²) in [5.74, 6) is 0.927. The Morgan fingerprint density at radius 1 is 1.36 bits per heavy atom. The number of anilines is 1. The van der Waals surface area contributed by atoms with Crippen LogP contribution >= 0.6 is 24.0 Å². The molecule has 1 atom stereocenters. The van der Waals surface area contributed by atoms with E-state index >= 15 is 0 Å². The van der Waals surface area contributed by atoms with E-state index in [1.165, 1.54) is 16.8 Å². The number of aliphatic imine (C=N–C) groups is 1. The Hall–Kier alpha value is -1.61.